The second kappa shape index (κ2) is 8.39. The molecule has 0 spiro atoms. The van der Waals surface area contributed by atoms with Gasteiger partial charge in [0.05, 0.1) is 18.1 Å². The summed E-state index contributed by atoms with van der Waals surface area (Å²) < 4.78 is 11.2. The van der Waals surface area contributed by atoms with Gasteiger partial charge >= 0.3 is 5.69 Å². The SMILES string of the molecule is COc1cc(CC2C(O)C3CCN2CC3)cc([N+](=O)[O-])c1OCc1ccccc1. The standard InChI is InChI=1S/C22H26N2O5/c1-28-20-13-16(11-18-21(25)17-7-9-23(18)10-8-17)12-19(24(26)27)22(20)29-14-15-5-3-2-4-6-15/h2-6,12-13,17-18,21,25H,7-11,14H2,1H3. The van der Waals surface area contributed by atoms with Crippen LogP contribution in [0.25, 0.3) is 0 Å². The van der Waals surface area contributed by atoms with Crippen molar-refractivity contribution in [2.45, 2.75) is 38.0 Å². The summed E-state index contributed by atoms with van der Waals surface area (Å²) in [5.41, 5.74) is 1.58. The van der Waals surface area contributed by atoms with Crippen LogP contribution in [0.2, 0.25) is 0 Å². The molecule has 2 bridgehead atoms. The molecule has 2 atom stereocenters. The Morgan fingerprint density at radius 2 is 1.90 bits per heavy atom. The van der Waals surface area contributed by atoms with Crippen LogP contribution >= 0.6 is 0 Å². The Balaban J connectivity index is 1.59. The molecule has 3 heterocycles. The molecule has 7 heteroatoms. The number of piperidine rings is 3. The molecule has 2 aromatic carbocycles. The number of nitrogens with zero attached hydrogens (tertiary/aromatic N) is 2. The highest BCUT2D eigenvalue weighted by atomic mass is 16.6. The van der Waals surface area contributed by atoms with E-state index in [0.29, 0.717) is 18.1 Å². The number of ether oxygens (including phenoxy) is 2. The molecule has 3 fully saturated rings. The van der Waals surface area contributed by atoms with Crippen molar-refractivity contribution in [3.8, 4) is 11.5 Å². The lowest BCUT2D eigenvalue weighted by atomic mass is 9.78. The number of nitro benzene ring substituents is 1. The molecule has 0 aromatic heterocycles. The van der Waals surface area contributed by atoms with Gasteiger partial charge in [-0.2, -0.15) is 0 Å². The third-order valence-electron chi connectivity index (χ3n) is 6.10. The van der Waals surface area contributed by atoms with Crippen LogP contribution < -0.4 is 9.47 Å². The van der Waals surface area contributed by atoms with Crippen LogP contribution in [0.15, 0.2) is 42.5 Å². The molecule has 1 N–H and O–H groups in total. The fourth-order valence-corrected chi connectivity index (χ4v) is 4.54. The third-order valence-corrected chi connectivity index (χ3v) is 6.10. The van der Waals surface area contributed by atoms with E-state index in [0.717, 1.165) is 37.1 Å². The smallest absolute Gasteiger partial charge is 0.315 e. The zero-order chi connectivity index (χ0) is 20.4. The average Bonchev–Trinajstić information content (AvgIpc) is 2.75. The molecule has 3 aliphatic rings. The second-order valence-corrected chi connectivity index (χ2v) is 7.81. The van der Waals surface area contributed by atoms with Crippen LogP contribution in [0, 0.1) is 16.0 Å². The molecule has 3 aliphatic heterocycles. The minimum absolute atomic E-state index is 0.0112. The van der Waals surface area contributed by atoms with Crippen molar-refractivity contribution in [1.82, 2.24) is 4.90 Å². The van der Waals surface area contributed by atoms with E-state index in [1.165, 1.54) is 7.11 Å². The molecule has 3 saturated heterocycles. The van der Waals surface area contributed by atoms with Crippen LogP contribution in [-0.4, -0.2) is 47.3 Å². The molecule has 29 heavy (non-hydrogen) atoms. The van der Waals surface area contributed by atoms with Gasteiger partial charge in [-0.25, -0.2) is 0 Å². The minimum Gasteiger partial charge on any atom is -0.493 e. The van der Waals surface area contributed by atoms with Gasteiger partial charge in [-0.05, 0) is 55.5 Å². The first-order valence-electron chi connectivity index (χ1n) is 10.0. The van der Waals surface area contributed by atoms with Crippen molar-refractivity contribution < 1.29 is 19.5 Å². The number of benzene rings is 2. The van der Waals surface area contributed by atoms with Crippen molar-refractivity contribution in [3.63, 3.8) is 0 Å². The fraction of sp³-hybridized carbons (Fsp3) is 0.455. The topological polar surface area (TPSA) is 85.1 Å². The first kappa shape index (κ1) is 19.7. The Labute approximate surface area is 170 Å². The molecule has 0 amide bonds. The minimum atomic E-state index is -0.434. The van der Waals surface area contributed by atoms with Gasteiger partial charge in [-0.3, -0.25) is 15.0 Å². The summed E-state index contributed by atoms with van der Waals surface area (Å²) in [5, 5.41) is 22.4. The largest absolute Gasteiger partial charge is 0.493 e. The first-order valence-corrected chi connectivity index (χ1v) is 10.0. The van der Waals surface area contributed by atoms with Gasteiger partial charge in [-0.1, -0.05) is 30.3 Å². The summed E-state index contributed by atoms with van der Waals surface area (Å²) in [4.78, 5) is 13.6. The Hall–Kier alpha value is -2.64. The van der Waals surface area contributed by atoms with Crippen molar-refractivity contribution in [1.29, 1.82) is 0 Å². The number of methoxy groups -OCH3 is 1. The number of aliphatic hydroxyl groups is 1. The van der Waals surface area contributed by atoms with Crippen LogP contribution in [0.1, 0.15) is 24.0 Å². The van der Waals surface area contributed by atoms with Gasteiger partial charge in [-0.15, -0.1) is 0 Å². The van der Waals surface area contributed by atoms with Gasteiger partial charge in [0.1, 0.15) is 6.61 Å². The molecule has 0 radical (unpaired) electrons. The lowest BCUT2D eigenvalue weighted by molar-refractivity contribution is -0.386. The lowest BCUT2D eigenvalue weighted by Crippen LogP contribution is -2.58. The quantitative estimate of drug-likeness (QED) is 0.570. The van der Waals surface area contributed by atoms with E-state index >= 15 is 0 Å². The zero-order valence-corrected chi connectivity index (χ0v) is 16.5. The van der Waals surface area contributed by atoms with Crippen LogP contribution in [-0.2, 0) is 13.0 Å². The monoisotopic (exact) mass is 398 g/mol. The first-order chi connectivity index (χ1) is 14.1. The summed E-state index contributed by atoms with van der Waals surface area (Å²) in [6.07, 6.45) is 2.20. The number of hydrogen-bond acceptors (Lipinski definition) is 6. The van der Waals surface area contributed by atoms with Gasteiger partial charge in [0.25, 0.3) is 0 Å². The van der Waals surface area contributed by atoms with E-state index in [2.05, 4.69) is 4.90 Å². The van der Waals surface area contributed by atoms with Crippen LogP contribution in [0.4, 0.5) is 5.69 Å². The van der Waals surface area contributed by atoms with Crippen molar-refractivity contribution in [3.05, 3.63) is 63.7 Å². The van der Waals surface area contributed by atoms with Gasteiger partial charge < -0.3 is 14.6 Å². The highest BCUT2D eigenvalue weighted by Crippen LogP contribution is 2.40. The van der Waals surface area contributed by atoms with Crippen molar-refractivity contribution in [2.75, 3.05) is 20.2 Å². The molecule has 154 valence electrons. The predicted molar refractivity (Wildman–Crippen MR) is 108 cm³/mol. The summed E-state index contributed by atoms with van der Waals surface area (Å²) in [6.45, 7) is 2.17. The number of fused-ring (bicyclic) bond motifs is 3. The van der Waals surface area contributed by atoms with E-state index in [1.54, 1.807) is 12.1 Å². The van der Waals surface area contributed by atoms with E-state index in [1.807, 2.05) is 30.3 Å². The third kappa shape index (κ3) is 4.06. The summed E-state index contributed by atoms with van der Waals surface area (Å²) in [7, 11) is 1.49. The second-order valence-electron chi connectivity index (χ2n) is 7.81. The number of hydrogen-bond donors (Lipinski definition) is 1. The zero-order valence-electron chi connectivity index (χ0n) is 16.5. The van der Waals surface area contributed by atoms with Gasteiger partial charge in [0.2, 0.25) is 5.75 Å². The predicted octanol–water partition coefficient (Wildman–Crippen LogP) is 3.18. The molecule has 2 aromatic rings. The molecular weight excluding hydrogens is 372 g/mol. The fourth-order valence-electron chi connectivity index (χ4n) is 4.54. The van der Waals surface area contributed by atoms with Crippen molar-refractivity contribution >= 4 is 5.69 Å². The molecule has 5 rings (SSSR count). The summed E-state index contributed by atoms with van der Waals surface area (Å²) >= 11 is 0. The van der Waals surface area contributed by atoms with Crippen LogP contribution in [0.5, 0.6) is 11.5 Å². The van der Waals surface area contributed by atoms with Crippen molar-refractivity contribution in [2.24, 2.45) is 5.92 Å². The maximum absolute atomic E-state index is 11.7. The molecule has 7 nitrogen and oxygen atoms in total. The van der Waals surface area contributed by atoms with Gasteiger partial charge in [0, 0.05) is 12.1 Å². The number of nitro groups is 1. The van der Waals surface area contributed by atoms with E-state index in [4.69, 9.17) is 9.47 Å². The average molecular weight is 398 g/mol. The molecular formula is C22H26N2O5. The Kier molecular flexibility index (Phi) is 5.69. The maximum Gasteiger partial charge on any atom is 0.315 e. The van der Waals surface area contributed by atoms with E-state index < -0.39 is 11.0 Å². The molecule has 0 saturated carbocycles. The van der Waals surface area contributed by atoms with E-state index in [9.17, 15) is 15.2 Å². The van der Waals surface area contributed by atoms with E-state index in [-0.39, 0.29) is 24.1 Å². The Morgan fingerprint density at radius 3 is 2.52 bits per heavy atom. The summed E-state index contributed by atoms with van der Waals surface area (Å²) in [6, 6.07) is 12.8. The van der Waals surface area contributed by atoms with Gasteiger partial charge in [0.15, 0.2) is 5.75 Å². The molecule has 2 unspecified atom stereocenters. The highest BCUT2D eigenvalue weighted by Gasteiger charge is 2.41. The number of rotatable bonds is 7. The Morgan fingerprint density at radius 1 is 1.17 bits per heavy atom. The normalized spacial score (nSPS) is 25.6. The Bertz CT molecular complexity index is 863. The number of aliphatic hydroxyl groups excluding tert-OH is 1. The highest BCUT2D eigenvalue weighted by molar-refractivity contribution is 5.58. The molecule has 0 aliphatic carbocycles. The van der Waals surface area contributed by atoms with Crippen LogP contribution in [0.3, 0.4) is 0 Å². The maximum atomic E-state index is 11.7. The lowest BCUT2D eigenvalue weighted by Gasteiger charge is -2.49. The summed E-state index contributed by atoms with van der Waals surface area (Å²) in [5.74, 6) is 0.807.